The van der Waals surface area contributed by atoms with Gasteiger partial charge in [0.2, 0.25) is 0 Å². The summed E-state index contributed by atoms with van der Waals surface area (Å²) in [5.74, 6) is 1.32. The number of pyridine rings is 1. The summed E-state index contributed by atoms with van der Waals surface area (Å²) in [5.41, 5.74) is 11.1. The molecule has 2 aliphatic heterocycles. The number of ether oxygens (including phenoxy) is 2. The summed E-state index contributed by atoms with van der Waals surface area (Å²) in [6.07, 6.45) is 1.88. The van der Waals surface area contributed by atoms with Crippen molar-refractivity contribution in [3.05, 3.63) is 46.0 Å². The fourth-order valence-corrected chi connectivity index (χ4v) is 6.10. The number of hydrogen-bond donors (Lipinski definition) is 2. The zero-order valence-electron chi connectivity index (χ0n) is 19.3. The fraction of sp³-hybridized carbons (Fsp3) is 0.440. The van der Waals surface area contributed by atoms with Crippen LogP contribution in [-0.2, 0) is 11.2 Å². The lowest BCUT2D eigenvalue weighted by Crippen LogP contribution is -2.42. The van der Waals surface area contributed by atoms with Crippen molar-refractivity contribution in [2.45, 2.75) is 32.7 Å². The standard InChI is InChI=1S/C25H30N4O3S/c1-14-8-15(2)27-25-21(14)22(26)23(33-25)24(30)28-18-9-17-4-5-19(10-20(17)32-13-18)29-7-6-16(11-29)12-31-3/h4-5,8,10,16,18H,6-7,9,11-13,26H2,1-3H3,(H,28,30)/t16-,18-/m1/s1. The Kier molecular flexibility index (Phi) is 5.88. The molecule has 0 bridgehead atoms. The number of benzene rings is 1. The van der Waals surface area contributed by atoms with Gasteiger partial charge in [0.05, 0.1) is 18.3 Å². The first-order valence-electron chi connectivity index (χ1n) is 11.4. The quantitative estimate of drug-likeness (QED) is 0.596. The fourth-order valence-electron chi connectivity index (χ4n) is 4.98. The van der Waals surface area contributed by atoms with Gasteiger partial charge in [-0.15, -0.1) is 11.3 Å². The predicted molar refractivity (Wildman–Crippen MR) is 133 cm³/mol. The van der Waals surface area contributed by atoms with Crippen LogP contribution < -0.4 is 20.7 Å². The van der Waals surface area contributed by atoms with Crippen LogP contribution in [0.5, 0.6) is 5.75 Å². The second-order valence-corrected chi connectivity index (χ2v) is 10.1. The van der Waals surface area contributed by atoms with E-state index in [2.05, 4.69) is 33.4 Å². The molecule has 0 radical (unpaired) electrons. The van der Waals surface area contributed by atoms with E-state index in [1.165, 1.54) is 17.0 Å². The Labute approximate surface area is 197 Å². The smallest absolute Gasteiger partial charge is 0.263 e. The number of methoxy groups -OCH3 is 1. The number of aryl methyl sites for hydroxylation is 2. The molecule has 1 saturated heterocycles. The number of nitrogens with two attached hydrogens (primary N) is 1. The third-order valence-electron chi connectivity index (χ3n) is 6.58. The number of carbonyl (C=O) groups excluding carboxylic acids is 1. The summed E-state index contributed by atoms with van der Waals surface area (Å²) in [5, 5.41) is 3.99. The lowest BCUT2D eigenvalue weighted by Gasteiger charge is -2.28. The molecule has 174 valence electrons. The molecule has 2 aromatic heterocycles. The van der Waals surface area contributed by atoms with Gasteiger partial charge in [-0.3, -0.25) is 4.79 Å². The molecule has 1 amide bonds. The molecular formula is C25H30N4O3S. The average molecular weight is 467 g/mol. The van der Waals surface area contributed by atoms with Crippen LogP contribution >= 0.6 is 11.3 Å². The molecule has 3 aromatic rings. The number of carbonyl (C=O) groups is 1. The van der Waals surface area contributed by atoms with Crippen molar-refractivity contribution in [1.82, 2.24) is 10.3 Å². The summed E-state index contributed by atoms with van der Waals surface area (Å²) in [6.45, 7) is 7.24. The number of nitrogen functional groups attached to an aromatic ring is 1. The largest absolute Gasteiger partial charge is 0.491 e. The Balaban J connectivity index is 1.27. The summed E-state index contributed by atoms with van der Waals surface area (Å²) in [7, 11) is 1.76. The molecule has 5 rings (SSSR count). The van der Waals surface area contributed by atoms with Crippen LogP contribution in [0.2, 0.25) is 0 Å². The number of rotatable bonds is 5. The molecule has 0 saturated carbocycles. The van der Waals surface area contributed by atoms with Crippen LogP contribution in [0, 0.1) is 19.8 Å². The highest BCUT2D eigenvalue weighted by molar-refractivity contribution is 7.21. The maximum atomic E-state index is 13.0. The molecule has 33 heavy (non-hydrogen) atoms. The van der Waals surface area contributed by atoms with Crippen molar-refractivity contribution in [3.63, 3.8) is 0 Å². The van der Waals surface area contributed by atoms with Gasteiger partial charge in [0.1, 0.15) is 22.1 Å². The van der Waals surface area contributed by atoms with Gasteiger partial charge in [-0.25, -0.2) is 4.98 Å². The summed E-state index contributed by atoms with van der Waals surface area (Å²) >= 11 is 1.35. The Morgan fingerprint density at radius 2 is 2.21 bits per heavy atom. The average Bonchev–Trinajstić information content (AvgIpc) is 3.38. The SMILES string of the molecule is COC[C@@H]1CCN(c2ccc3c(c2)OC[C@H](NC(=O)c2sc4nc(C)cc(C)c4c2N)C3)C1. The topological polar surface area (TPSA) is 89.7 Å². The first-order chi connectivity index (χ1) is 15.9. The lowest BCUT2D eigenvalue weighted by molar-refractivity contribution is 0.0920. The normalized spacial score (nSPS) is 20.0. The third kappa shape index (κ3) is 4.25. The van der Waals surface area contributed by atoms with Gasteiger partial charge < -0.3 is 25.4 Å². The predicted octanol–water partition coefficient (Wildman–Crippen LogP) is 3.70. The molecule has 4 heterocycles. The number of aromatic nitrogens is 1. The summed E-state index contributed by atoms with van der Waals surface area (Å²) in [6, 6.07) is 8.30. The van der Waals surface area contributed by atoms with Crippen molar-refractivity contribution in [2.24, 2.45) is 5.92 Å². The molecule has 1 aromatic carbocycles. The van der Waals surface area contributed by atoms with Crippen LogP contribution in [0.15, 0.2) is 24.3 Å². The number of thiophene rings is 1. The van der Waals surface area contributed by atoms with E-state index in [9.17, 15) is 4.79 Å². The minimum atomic E-state index is -0.164. The van der Waals surface area contributed by atoms with Crippen LogP contribution in [0.3, 0.4) is 0 Å². The molecule has 3 N–H and O–H groups in total. The van der Waals surface area contributed by atoms with Crippen molar-refractivity contribution in [2.75, 3.05) is 44.0 Å². The van der Waals surface area contributed by atoms with Gasteiger partial charge in [-0.05, 0) is 49.9 Å². The van der Waals surface area contributed by atoms with E-state index in [-0.39, 0.29) is 11.9 Å². The molecule has 2 aliphatic rings. The Hall–Kier alpha value is -2.84. The maximum absolute atomic E-state index is 13.0. The number of amides is 1. The van der Waals surface area contributed by atoms with Crippen LogP contribution in [0.1, 0.15) is 32.9 Å². The molecule has 0 aliphatic carbocycles. The Morgan fingerprint density at radius 3 is 3.03 bits per heavy atom. The molecule has 0 unspecified atom stereocenters. The Bertz CT molecular complexity index is 1210. The summed E-state index contributed by atoms with van der Waals surface area (Å²) < 4.78 is 11.4. The lowest BCUT2D eigenvalue weighted by atomic mass is 10.0. The van der Waals surface area contributed by atoms with E-state index in [1.807, 2.05) is 19.9 Å². The van der Waals surface area contributed by atoms with Gasteiger partial charge in [-0.2, -0.15) is 0 Å². The molecular weight excluding hydrogens is 436 g/mol. The van der Waals surface area contributed by atoms with Crippen LogP contribution in [0.4, 0.5) is 11.4 Å². The number of nitrogens with one attached hydrogen (secondary N) is 1. The van der Waals surface area contributed by atoms with E-state index in [4.69, 9.17) is 15.2 Å². The number of fused-ring (bicyclic) bond motifs is 2. The Morgan fingerprint density at radius 1 is 1.36 bits per heavy atom. The second kappa shape index (κ2) is 8.83. The van der Waals surface area contributed by atoms with Crippen molar-refractivity contribution >= 4 is 38.8 Å². The first kappa shape index (κ1) is 22.0. The minimum Gasteiger partial charge on any atom is -0.491 e. The van der Waals surface area contributed by atoms with Gasteiger partial charge in [0, 0.05) is 49.0 Å². The highest BCUT2D eigenvalue weighted by atomic mass is 32.1. The molecule has 8 heteroatoms. The maximum Gasteiger partial charge on any atom is 0.263 e. The molecule has 0 spiro atoms. The van der Waals surface area contributed by atoms with E-state index in [0.29, 0.717) is 23.1 Å². The molecule has 1 fully saturated rings. The number of nitrogens with zero attached hydrogens (tertiary/aromatic N) is 2. The second-order valence-electron chi connectivity index (χ2n) is 9.14. The monoisotopic (exact) mass is 466 g/mol. The number of anilines is 2. The molecule has 2 atom stereocenters. The van der Waals surface area contributed by atoms with E-state index >= 15 is 0 Å². The van der Waals surface area contributed by atoms with E-state index in [0.717, 1.165) is 65.3 Å². The summed E-state index contributed by atoms with van der Waals surface area (Å²) in [4.78, 5) is 21.3. The van der Waals surface area contributed by atoms with Crippen LogP contribution in [0.25, 0.3) is 10.2 Å². The highest BCUT2D eigenvalue weighted by Gasteiger charge is 2.27. The van der Waals surface area contributed by atoms with Gasteiger partial charge >= 0.3 is 0 Å². The molecule has 7 nitrogen and oxygen atoms in total. The van der Waals surface area contributed by atoms with Crippen molar-refractivity contribution in [3.8, 4) is 5.75 Å². The van der Waals surface area contributed by atoms with Gasteiger partial charge in [0.25, 0.3) is 5.91 Å². The van der Waals surface area contributed by atoms with Gasteiger partial charge in [0.15, 0.2) is 0 Å². The zero-order chi connectivity index (χ0) is 23.1. The van der Waals surface area contributed by atoms with E-state index < -0.39 is 0 Å². The zero-order valence-corrected chi connectivity index (χ0v) is 20.1. The van der Waals surface area contributed by atoms with Gasteiger partial charge in [-0.1, -0.05) is 6.07 Å². The third-order valence-corrected chi connectivity index (χ3v) is 7.67. The van der Waals surface area contributed by atoms with Crippen molar-refractivity contribution in [1.29, 1.82) is 0 Å². The number of hydrogen-bond acceptors (Lipinski definition) is 7. The van der Waals surface area contributed by atoms with Crippen molar-refractivity contribution < 1.29 is 14.3 Å². The first-order valence-corrected chi connectivity index (χ1v) is 12.2. The minimum absolute atomic E-state index is 0.103. The van der Waals surface area contributed by atoms with E-state index in [1.54, 1.807) is 7.11 Å². The highest BCUT2D eigenvalue weighted by Crippen LogP contribution is 2.36. The van der Waals surface area contributed by atoms with Crippen LogP contribution in [-0.4, -0.2) is 50.3 Å².